The first-order valence-corrected chi connectivity index (χ1v) is 10.6. The Morgan fingerprint density at radius 3 is 2.24 bits per heavy atom. The second kappa shape index (κ2) is 9.42. The molecule has 6 nitrogen and oxygen atoms in total. The number of carbonyl (C=O) groups excluding carboxylic acids is 3. The van der Waals surface area contributed by atoms with Gasteiger partial charge in [0.05, 0.1) is 0 Å². The Morgan fingerprint density at radius 1 is 1.07 bits per heavy atom. The van der Waals surface area contributed by atoms with Crippen molar-refractivity contribution in [3.63, 3.8) is 0 Å². The summed E-state index contributed by atoms with van der Waals surface area (Å²) in [7, 11) is 0. The van der Waals surface area contributed by atoms with Crippen molar-refractivity contribution in [2.24, 2.45) is 5.92 Å². The largest absolute Gasteiger partial charge is 0.352 e. The van der Waals surface area contributed by atoms with Crippen LogP contribution >= 0.6 is 0 Å². The highest BCUT2D eigenvalue weighted by Gasteiger charge is 2.49. The highest BCUT2D eigenvalue weighted by Crippen LogP contribution is 2.29. The van der Waals surface area contributed by atoms with Crippen molar-refractivity contribution in [2.45, 2.75) is 78.3 Å². The van der Waals surface area contributed by atoms with Crippen LogP contribution in [0.25, 0.3) is 0 Å². The predicted octanol–water partition coefficient (Wildman–Crippen LogP) is 3.91. The van der Waals surface area contributed by atoms with Gasteiger partial charge >= 0.3 is 6.03 Å². The van der Waals surface area contributed by atoms with Gasteiger partial charge in [-0.1, -0.05) is 64.8 Å². The molecule has 2 rings (SSSR count). The van der Waals surface area contributed by atoms with Gasteiger partial charge in [0, 0.05) is 6.04 Å². The van der Waals surface area contributed by atoms with Gasteiger partial charge in [0.1, 0.15) is 12.1 Å². The second-order valence-electron chi connectivity index (χ2n) is 9.02. The zero-order valence-corrected chi connectivity index (χ0v) is 18.5. The smallest absolute Gasteiger partial charge is 0.325 e. The van der Waals surface area contributed by atoms with Crippen LogP contribution in [0.3, 0.4) is 0 Å². The van der Waals surface area contributed by atoms with E-state index in [2.05, 4.69) is 38.3 Å². The van der Waals surface area contributed by atoms with Crippen molar-refractivity contribution in [3.8, 4) is 0 Å². The van der Waals surface area contributed by atoms with E-state index in [0.29, 0.717) is 17.4 Å². The number of nitrogens with zero attached hydrogens (tertiary/aromatic N) is 1. The number of hydrogen-bond acceptors (Lipinski definition) is 3. The number of carbonyl (C=O) groups is 3. The Morgan fingerprint density at radius 2 is 1.69 bits per heavy atom. The van der Waals surface area contributed by atoms with E-state index in [1.807, 2.05) is 31.2 Å². The van der Waals surface area contributed by atoms with Crippen LogP contribution in [-0.4, -0.2) is 35.3 Å². The molecule has 1 aromatic carbocycles. The summed E-state index contributed by atoms with van der Waals surface area (Å²) in [6, 6.07) is 7.16. The molecule has 1 fully saturated rings. The summed E-state index contributed by atoms with van der Waals surface area (Å²) in [6.45, 7) is 11.9. The summed E-state index contributed by atoms with van der Waals surface area (Å²) >= 11 is 0. The van der Waals surface area contributed by atoms with Crippen molar-refractivity contribution in [1.82, 2.24) is 15.5 Å². The third-order valence-corrected chi connectivity index (χ3v) is 5.56. The molecule has 0 saturated carbocycles. The number of imide groups is 1. The Hall–Kier alpha value is -2.37. The summed E-state index contributed by atoms with van der Waals surface area (Å²) in [6.07, 6.45) is 3.03. The predicted molar refractivity (Wildman–Crippen MR) is 114 cm³/mol. The van der Waals surface area contributed by atoms with Crippen LogP contribution in [0, 0.1) is 5.92 Å². The van der Waals surface area contributed by atoms with E-state index in [1.54, 1.807) is 6.92 Å². The fourth-order valence-electron chi connectivity index (χ4n) is 3.61. The standard InChI is InChI=1S/C23H35N3O3/c1-15(2)8-7-9-17(5)24-20(27)14-26-21(28)23(6,25-22(26)29)19-12-10-18(11-13-19)16(3)4/h10-13,15-17H,7-9,14H2,1-6H3,(H,24,27)(H,25,29)/t17-,23-/m1/s1. The van der Waals surface area contributed by atoms with Crippen LogP contribution in [0.4, 0.5) is 4.79 Å². The minimum atomic E-state index is -1.16. The first kappa shape index (κ1) is 22.9. The van der Waals surface area contributed by atoms with Gasteiger partial charge in [-0.15, -0.1) is 0 Å². The zero-order chi connectivity index (χ0) is 21.8. The van der Waals surface area contributed by atoms with Crippen LogP contribution in [0.5, 0.6) is 0 Å². The lowest BCUT2D eigenvalue weighted by atomic mass is 9.90. The number of amides is 4. The van der Waals surface area contributed by atoms with Gasteiger partial charge in [0.15, 0.2) is 0 Å². The first-order chi connectivity index (χ1) is 13.5. The molecule has 160 valence electrons. The third-order valence-electron chi connectivity index (χ3n) is 5.56. The molecule has 0 bridgehead atoms. The number of urea groups is 1. The maximum atomic E-state index is 13.0. The van der Waals surface area contributed by atoms with Gasteiger partial charge in [-0.05, 0) is 43.2 Å². The third kappa shape index (κ3) is 5.58. The van der Waals surface area contributed by atoms with E-state index in [1.165, 1.54) is 0 Å². The number of hydrogen-bond donors (Lipinski definition) is 2. The van der Waals surface area contributed by atoms with Crippen molar-refractivity contribution < 1.29 is 14.4 Å². The Bertz CT molecular complexity index is 742. The number of rotatable bonds is 9. The van der Waals surface area contributed by atoms with Crippen LogP contribution in [0.2, 0.25) is 0 Å². The molecule has 1 aliphatic rings. The van der Waals surface area contributed by atoms with Crippen LogP contribution in [-0.2, 0) is 15.1 Å². The molecule has 2 atom stereocenters. The Labute approximate surface area is 174 Å². The van der Waals surface area contributed by atoms with Gasteiger partial charge < -0.3 is 10.6 Å². The van der Waals surface area contributed by atoms with E-state index >= 15 is 0 Å². The normalized spacial score (nSPS) is 20.3. The van der Waals surface area contributed by atoms with Gasteiger partial charge in [0.2, 0.25) is 5.91 Å². The van der Waals surface area contributed by atoms with Crippen LogP contribution in [0.1, 0.15) is 77.8 Å². The molecule has 29 heavy (non-hydrogen) atoms. The van der Waals surface area contributed by atoms with Crippen molar-refractivity contribution in [2.75, 3.05) is 6.54 Å². The first-order valence-electron chi connectivity index (χ1n) is 10.6. The summed E-state index contributed by atoms with van der Waals surface area (Å²) in [5.41, 5.74) is 0.720. The summed E-state index contributed by atoms with van der Waals surface area (Å²) < 4.78 is 0. The fraction of sp³-hybridized carbons (Fsp3) is 0.609. The molecular formula is C23H35N3O3. The highest BCUT2D eigenvalue weighted by molar-refractivity contribution is 6.09. The van der Waals surface area contributed by atoms with Crippen molar-refractivity contribution in [3.05, 3.63) is 35.4 Å². The van der Waals surface area contributed by atoms with Crippen molar-refractivity contribution >= 4 is 17.8 Å². The quantitative estimate of drug-likeness (QED) is 0.616. The van der Waals surface area contributed by atoms with E-state index in [4.69, 9.17) is 0 Å². The fourth-order valence-corrected chi connectivity index (χ4v) is 3.61. The molecular weight excluding hydrogens is 366 g/mol. The molecule has 4 amide bonds. The van der Waals surface area contributed by atoms with E-state index in [9.17, 15) is 14.4 Å². The van der Waals surface area contributed by atoms with E-state index < -0.39 is 17.5 Å². The minimum Gasteiger partial charge on any atom is -0.352 e. The molecule has 0 spiro atoms. The molecule has 1 aromatic rings. The van der Waals surface area contributed by atoms with Crippen LogP contribution in [0.15, 0.2) is 24.3 Å². The minimum absolute atomic E-state index is 0.0111. The monoisotopic (exact) mass is 401 g/mol. The topological polar surface area (TPSA) is 78.5 Å². The molecule has 1 heterocycles. The molecule has 1 saturated heterocycles. The van der Waals surface area contributed by atoms with Crippen molar-refractivity contribution in [1.29, 1.82) is 0 Å². The zero-order valence-electron chi connectivity index (χ0n) is 18.5. The Kier molecular flexibility index (Phi) is 7.44. The molecule has 0 aliphatic carbocycles. The summed E-state index contributed by atoms with van der Waals surface area (Å²) in [5.74, 6) is 0.303. The number of benzene rings is 1. The molecule has 1 aliphatic heterocycles. The highest BCUT2D eigenvalue weighted by atomic mass is 16.2. The Balaban J connectivity index is 1.99. The molecule has 0 unspecified atom stereocenters. The maximum absolute atomic E-state index is 13.0. The SMILES string of the molecule is CC(C)CCC[C@@H](C)NC(=O)CN1C(=O)N[C@](C)(c2ccc(C(C)C)cc2)C1=O. The van der Waals surface area contributed by atoms with Gasteiger partial charge in [-0.25, -0.2) is 4.79 Å². The lowest BCUT2D eigenvalue weighted by molar-refractivity contribution is -0.135. The molecule has 0 radical (unpaired) electrons. The second-order valence-corrected chi connectivity index (χ2v) is 9.02. The van der Waals surface area contributed by atoms with Gasteiger partial charge in [-0.2, -0.15) is 0 Å². The molecule has 2 N–H and O–H groups in total. The lowest BCUT2D eigenvalue weighted by Gasteiger charge is -2.23. The van der Waals surface area contributed by atoms with E-state index in [-0.39, 0.29) is 18.5 Å². The number of nitrogens with one attached hydrogen (secondary N) is 2. The summed E-state index contributed by atoms with van der Waals surface area (Å²) in [5, 5.41) is 5.65. The maximum Gasteiger partial charge on any atom is 0.325 e. The molecule has 6 heteroatoms. The average Bonchev–Trinajstić information content (AvgIpc) is 2.85. The lowest BCUT2D eigenvalue weighted by Crippen LogP contribution is -2.45. The van der Waals surface area contributed by atoms with E-state index in [0.717, 1.165) is 29.7 Å². The van der Waals surface area contributed by atoms with Gasteiger partial charge in [-0.3, -0.25) is 14.5 Å². The van der Waals surface area contributed by atoms with Gasteiger partial charge in [0.25, 0.3) is 5.91 Å². The summed E-state index contributed by atoms with van der Waals surface area (Å²) in [4.78, 5) is 38.8. The molecule has 0 aromatic heterocycles. The average molecular weight is 402 g/mol. The van der Waals surface area contributed by atoms with Crippen LogP contribution < -0.4 is 10.6 Å².